The number of rotatable bonds is 3. The van der Waals surface area contributed by atoms with Crippen LogP contribution in [-0.2, 0) is 10.0 Å². The van der Waals surface area contributed by atoms with Gasteiger partial charge in [0.05, 0.1) is 26.2 Å². The van der Waals surface area contributed by atoms with E-state index in [0.29, 0.717) is 9.50 Å². The number of nitrogens with zero attached hydrogens (tertiary/aromatic N) is 1. The maximum absolute atomic E-state index is 12.3. The molecule has 0 aromatic heterocycles. The average Bonchev–Trinajstić information content (AvgIpc) is 2.43. The molecule has 0 fully saturated rings. The Bertz CT molecular complexity index is 848. The van der Waals surface area contributed by atoms with Crippen molar-refractivity contribution >= 4 is 54.8 Å². The van der Waals surface area contributed by atoms with E-state index in [0.717, 1.165) is 0 Å². The van der Waals surface area contributed by atoms with E-state index in [1.165, 1.54) is 36.4 Å². The fraction of sp³-hybridized carbons (Fsp3) is 0. The van der Waals surface area contributed by atoms with E-state index in [1.807, 2.05) is 6.07 Å². The molecule has 0 saturated carbocycles. The van der Waals surface area contributed by atoms with E-state index in [1.54, 1.807) is 0 Å². The van der Waals surface area contributed by atoms with Gasteiger partial charge in [-0.1, -0.05) is 23.2 Å². The Morgan fingerprint density at radius 1 is 1.10 bits per heavy atom. The summed E-state index contributed by atoms with van der Waals surface area (Å²) in [4.78, 5) is 0.0484. The van der Waals surface area contributed by atoms with Crippen LogP contribution in [0.25, 0.3) is 0 Å². The fourth-order valence-corrected chi connectivity index (χ4v) is 3.42. The van der Waals surface area contributed by atoms with Crippen molar-refractivity contribution in [1.29, 1.82) is 5.26 Å². The fourth-order valence-electron chi connectivity index (χ4n) is 1.53. The monoisotopic (exact) mass is 404 g/mol. The average molecular weight is 406 g/mol. The van der Waals surface area contributed by atoms with Crippen LogP contribution >= 0.6 is 39.1 Å². The minimum Gasteiger partial charge on any atom is -0.280 e. The standard InChI is InChI=1S/C13H7BrCl2N2O2S/c14-11-6-10(2-4-13(11)16)21(19,20)18-9-1-3-12(15)8(5-9)7-17/h1-6,18H. The number of hydrogen-bond donors (Lipinski definition) is 1. The molecule has 21 heavy (non-hydrogen) atoms. The predicted molar refractivity (Wildman–Crippen MR) is 86.1 cm³/mol. The van der Waals surface area contributed by atoms with Gasteiger partial charge in [0.2, 0.25) is 0 Å². The minimum atomic E-state index is -3.78. The molecule has 0 aliphatic rings. The highest BCUT2D eigenvalue weighted by molar-refractivity contribution is 9.10. The quantitative estimate of drug-likeness (QED) is 0.820. The number of benzene rings is 2. The zero-order chi connectivity index (χ0) is 15.6. The molecule has 0 amide bonds. The van der Waals surface area contributed by atoms with E-state index >= 15 is 0 Å². The van der Waals surface area contributed by atoms with E-state index in [4.69, 9.17) is 28.5 Å². The first kappa shape index (κ1) is 16.1. The van der Waals surface area contributed by atoms with Crippen molar-refractivity contribution in [3.63, 3.8) is 0 Å². The smallest absolute Gasteiger partial charge is 0.261 e. The lowest BCUT2D eigenvalue weighted by Crippen LogP contribution is -2.13. The molecule has 0 heterocycles. The van der Waals surface area contributed by atoms with E-state index in [-0.39, 0.29) is 21.2 Å². The topological polar surface area (TPSA) is 70.0 Å². The SMILES string of the molecule is N#Cc1cc(NS(=O)(=O)c2ccc(Cl)c(Br)c2)ccc1Cl. The van der Waals surface area contributed by atoms with Gasteiger partial charge in [0.1, 0.15) is 6.07 Å². The van der Waals surface area contributed by atoms with Gasteiger partial charge in [-0.15, -0.1) is 0 Å². The van der Waals surface area contributed by atoms with Gasteiger partial charge in [-0.25, -0.2) is 8.42 Å². The molecule has 0 spiro atoms. The van der Waals surface area contributed by atoms with Crippen molar-refractivity contribution in [1.82, 2.24) is 0 Å². The number of hydrogen-bond acceptors (Lipinski definition) is 3. The normalized spacial score (nSPS) is 11.0. The first-order valence-corrected chi connectivity index (χ1v) is 8.54. The predicted octanol–water partition coefficient (Wildman–Crippen LogP) is 4.43. The van der Waals surface area contributed by atoms with Crippen molar-refractivity contribution in [2.24, 2.45) is 0 Å². The Balaban J connectivity index is 2.37. The third-order valence-electron chi connectivity index (χ3n) is 2.54. The number of nitrogens with one attached hydrogen (secondary N) is 1. The van der Waals surface area contributed by atoms with Crippen LogP contribution in [0.15, 0.2) is 45.8 Å². The van der Waals surface area contributed by atoms with Gasteiger partial charge in [0.25, 0.3) is 10.0 Å². The minimum absolute atomic E-state index is 0.0484. The van der Waals surface area contributed by atoms with Crippen molar-refractivity contribution in [3.05, 3.63) is 56.5 Å². The molecule has 0 radical (unpaired) electrons. The summed E-state index contributed by atoms with van der Waals surface area (Å²) in [5, 5.41) is 9.56. The lowest BCUT2D eigenvalue weighted by atomic mass is 10.2. The summed E-state index contributed by atoms with van der Waals surface area (Å²) in [7, 11) is -3.78. The van der Waals surface area contributed by atoms with Crippen LogP contribution in [0, 0.1) is 11.3 Å². The molecule has 0 aliphatic heterocycles. The molecule has 8 heteroatoms. The summed E-state index contributed by atoms with van der Waals surface area (Å²) >= 11 is 14.8. The first-order chi connectivity index (χ1) is 9.83. The zero-order valence-electron chi connectivity index (χ0n) is 10.3. The number of halogens is 3. The maximum Gasteiger partial charge on any atom is 0.261 e. The van der Waals surface area contributed by atoms with Crippen molar-refractivity contribution in [3.8, 4) is 6.07 Å². The molecule has 108 valence electrons. The third-order valence-corrected chi connectivity index (χ3v) is 5.46. The van der Waals surface area contributed by atoms with Crippen molar-refractivity contribution in [2.45, 2.75) is 4.90 Å². The second kappa shape index (κ2) is 6.24. The molecule has 2 aromatic rings. The number of nitriles is 1. The van der Waals surface area contributed by atoms with Gasteiger partial charge in [0.15, 0.2) is 0 Å². The summed E-state index contributed by atoms with van der Waals surface area (Å²) in [5.41, 5.74) is 0.441. The molecule has 2 rings (SSSR count). The summed E-state index contributed by atoms with van der Waals surface area (Å²) < 4.78 is 27.4. The Morgan fingerprint density at radius 3 is 2.38 bits per heavy atom. The first-order valence-electron chi connectivity index (χ1n) is 5.51. The second-order valence-electron chi connectivity index (χ2n) is 3.99. The van der Waals surface area contributed by atoms with Gasteiger partial charge in [-0.3, -0.25) is 4.72 Å². The van der Waals surface area contributed by atoms with Gasteiger partial charge < -0.3 is 0 Å². The molecule has 2 aromatic carbocycles. The summed E-state index contributed by atoms with van der Waals surface area (Å²) in [5.74, 6) is 0. The highest BCUT2D eigenvalue weighted by Gasteiger charge is 2.16. The molecule has 0 atom stereocenters. The van der Waals surface area contributed by atoms with Crippen molar-refractivity contribution < 1.29 is 8.42 Å². The Hall–Kier alpha value is -1.26. The summed E-state index contributed by atoms with van der Waals surface area (Å²) in [6, 6.07) is 10.4. The largest absolute Gasteiger partial charge is 0.280 e. The lowest BCUT2D eigenvalue weighted by molar-refractivity contribution is 0.601. The van der Waals surface area contributed by atoms with E-state index in [9.17, 15) is 8.42 Å². The Morgan fingerprint density at radius 2 is 1.76 bits per heavy atom. The van der Waals surface area contributed by atoms with Crippen molar-refractivity contribution in [2.75, 3.05) is 4.72 Å². The van der Waals surface area contributed by atoms with Crippen LogP contribution in [0.1, 0.15) is 5.56 Å². The van der Waals surface area contributed by atoms with Crippen LogP contribution in [0.2, 0.25) is 10.0 Å². The van der Waals surface area contributed by atoms with Crippen LogP contribution in [0.3, 0.4) is 0 Å². The Kier molecular flexibility index (Phi) is 4.79. The molecule has 0 bridgehead atoms. The van der Waals surface area contributed by atoms with Crippen LogP contribution in [-0.4, -0.2) is 8.42 Å². The molecule has 0 unspecified atom stereocenters. The second-order valence-corrected chi connectivity index (χ2v) is 7.34. The third kappa shape index (κ3) is 3.69. The summed E-state index contributed by atoms with van der Waals surface area (Å²) in [6.45, 7) is 0. The highest BCUT2D eigenvalue weighted by atomic mass is 79.9. The lowest BCUT2D eigenvalue weighted by Gasteiger charge is -2.09. The highest BCUT2D eigenvalue weighted by Crippen LogP contribution is 2.27. The molecular formula is C13H7BrCl2N2O2S. The molecular weight excluding hydrogens is 399 g/mol. The van der Waals surface area contributed by atoms with Crippen LogP contribution in [0.5, 0.6) is 0 Å². The maximum atomic E-state index is 12.3. The zero-order valence-corrected chi connectivity index (χ0v) is 14.2. The molecule has 4 nitrogen and oxygen atoms in total. The van der Waals surface area contributed by atoms with Gasteiger partial charge in [0, 0.05) is 4.47 Å². The van der Waals surface area contributed by atoms with Gasteiger partial charge >= 0.3 is 0 Å². The summed E-state index contributed by atoms with van der Waals surface area (Å²) in [6.07, 6.45) is 0. The molecule has 1 N–H and O–H groups in total. The van der Waals surface area contributed by atoms with E-state index in [2.05, 4.69) is 20.7 Å². The van der Waals surface area contributed by atoms with Crippen LogP contribution in [0.4, 0.5) is 5.69 Å². The van der Waals surface area contributed by atoms with Gasteiger partial charge in [-0.05, 0) is 52.3 Å². The van der Waals surface area contributed by atoms with E-state index < -0.39 is 10.0 Å². The van der Waals surface area contributed by atoms with Crippen LogP contribution < -0.4 is 4.72 Å². The Labute approximate surface area is 140 Å². The number of anilines is 1. The molecule has 0 saturated heterocycles. The van der Waals surface area contributed by atoms with Gasteiger partial charge in [-0.2, -0.15) is 5.26 Å². The number of sulfonamides is 1. The molecule has 0 aliphatic carbocycles.